The summed E-state index contributed by atoms with van der Waals surface area (Å²) in [6.07, 6.45) is 0. The molecule has 0 aromatic heterocycles. The van der Waals surface area contributed by atoms with Gasteiger partial charge >= 0.3 is 12.1 Å². The Balaban J connectivity index is 2.44. The molecule has 4 amide bonds. The topological polar surface area (TPSA) is 88.1 Å². The third-order valence-corrected chi connectivity index (χ3v) is 3.01. The van der Waals surface area contributed by atoms with Crippen LogP contribution in [-0.4, -0.2) is 12.1 Å². The van der Waals surface area contributed by atoms with E-state index in [0.717, 1.165) is 11.1 Å². The zero-order valence-electron chi connectivity index (χ0n) is 12.4. The van der Waals surface area contributed by atoms with Crippen LogP contribution >= 0.6 is 0 Å². The quantitative estimate of drug-likeness (QED) is 0.846. The number of nitrogens with zero attached hydrogens (tertiary/aromatic N) is 3. The summed E-state index contributed by atoms with van der Waals surface area (Å²) in [6, 6.07) is 13.0. The number of hydrogen-bond donors (Lipinski definition) is 1. The second kappa shape index (κ2) is 6.62. The number of aryl methyl sites for hydroxylation is 2. The lowest BCUT2D eigenvalue weighted by atomic mass is 10.2. The number of carbonyl (C=O) groups excluding carboxylic acids is 2. The highest BCUT2D eigenvalue weighted by atomic mass is 16.2. The Morgan fingerprint density at radius 3 is 1.59 bits per heavy atom. The molecule has 0 unspecified atom stereocenters. The van der Waals surface area contributed by atoms with E-state index in [9.17, 15) is 9.59 Å². The molecule has 6 nitrogen and oxygen atoms in total. The van der Waals surface area contributed by atoms with Gasteiger partial charge in [-0.25, -0.2) is 9.59 Å². The molecular formula is C16H16N4O2. The van der Waals surface area contributed by atoms with Gasteiger partial charge in [0.25, 0.3) is 0 Å². The molecule has 112 valence electrons. The summed E-state index contributed by atoms with van der Waals surface area (Å²) >= 11 is 0. The van der Waals surface area contributed by atoms with Gasteiger partial charge in [0.1, 0.15) is 0 Å². The first-order valence-electron chi connectivity index (χ1n) is 6.66. The lowest BCUT2D eigenvalue weighted by molar-refractivity contribution is 0.249. The third kappa shape index (κ3) is 3.76. The Kier molecular flexibility index (Phi) is 4.63. The standard InChI is InChI=1S/C16H16N4O2/c1-11-3-7-13(8-4-11)20(16(22)19-18-15(17)21)14-9-5-12(2)6-10-14/h3-10H,1-2H3,(H2,17,21). The van der Waals surface area contributed by atoms with Gasteiger partial charge in [0.15, 0.2) is 0 Å². The monoisotopic (exact) mass is 296 g/mol. The fourth-order valence-corrected chi connectivity index (χ4v) is 1.89. The van der Waals surface area contributed by atoms with Gasteiger partial charge in [-0.05, 0) is 38.1 Å². The lowest BCUT2D eigenvalue weighted by Gasteiger charge is -2.20. The van der Waals surface area contributed by atoms with Crippen LogP contribution in [0.25, 0.3) is 0 Å². The van der Waals surface area contributed by atoms with Crippen molar-refractivity contribution in [2.24, 2.45) is 16.0 Å². The summed E-state index contributed by atoms with van der Waals surface area (Å²) in [6.45, 7) is 3.91. The highest BCUT2D eigenvalue weighted by Gasteiger charge is 2.18. The summed E-state index contributed by atoms with van der Waals surface area (Å²) in [5, 5.41) is 6.46. The fourth-order valence-electron chi connectivity index (χ4n) is 1.89. The first-order valence-corrected chi connectivity index (χ1v) is 6.66. The van der Waals surface area contributed by atoms with E-state index >= 15 is 0 Å². The number of benzene rings is 2. The number of hydrogen-bond acceptors (Lipinski definition) is 2. The highest BCUT2D eigenvalue weighted by molar-refractivity contribution is 6.00. The molecular weight excluding hydrogens is 280 g/mol. The van der Waals surface area contributed by atoms with Crippen LogP contribution in [0.1, 0.15) is 11.1 Å². The Morgan fingerprint density at radius 1 is 0.818 bits per heavy atom. The average Bonchev–Trinajstić information content (AvgIpc) is 2.49. The van der Waals surface area contributed by atoms with Crippen molar-refractivity contribution in [1.82, 2.24) is 0 Å². The predicted molar refractivity (Wildman–Crippen MR) is 84.3 cm³/mol. The van der Waals surface area contributed by atoms with Crippen LogP contribution in [-0.2, 0) is 0 Å². The van der Waals surface area contributed by atoms with Gasteiger partial charge in [-0.15, -0.1) is 0 Å². The molecule has 0 saturated carbocycles. The maximum Gasteiger partial charge on any atom is 0.371 e. The number of amides is 4. The molecule has 2 N–H and O–H groups in total. The number of azo groups is 1. The average molecular weight is 296 g/mol. The van der Waals surface area contributed by atoms with Crippen LogP contribution in [0.4, 0.5) is 21.0 Å². The molecule has 0 radical (unpaired) electrons. The first kappa shape index (κ1) is 15.4. The Hall–Kier alpha value is -3.02. The van der Waals surface area contributed by atoms with E-state index < -0.39 is 12.1 Å². The number of carbonyl (C=O) groups is 2. The minimum absolute atomic E-state index is 0.628. The molecule has 0 spiro atoms. The zero-order valence-corrected chi connectivity index (χ0v) is 12.4. The van der Waals surface area contributed by atoms with E-state index in [-0.39, 0.29) is 0 Å². The van der Waals surface area contributed by atoms with Crippen molar-refractivity contribution in [3.8, 4) is 0 Å². The van der Waals surface area contributed by atoms with Crippen LogP contribution in [0.3, 0.4) is 0 Å². The molecule has 0 bridgehead atoms. The van der Waals surface area contributed by atoms with Gasteiger partial charge < -0.3 is 5.73 Å². The normalized spacial score (nSPS) is 10.6. The Labute approximate surface area is 128 Å². The number of urea groups is 2. The summed E-state index contributed by atoms with van der Waals surface area (Å²) in [7, 11) is 0. The second-order valence-corrected chi connectivity index (χ2v) is 4.83. The molecule has 22 heavy (non-hydrogen) atoms. The van der Waals surface area contributed by atoms with Crippen molar-refractivity contribution in [2.75, 3.05) is 4.90 Å². The van der Waals surface area contributed by atoms with Crippen molar-refractivity contribution < 1.29 is 9.59 Å². The Morgan fingerprint density at radius 2 is 1.23 bits per heavy atom. The van der Waals surface area contributed by atoms with E-state index in [1.807, 2.05) is 38.1 Å². The van der Waals surface area contributed by atoms with Crippen LogP contribution in [0.5, 0.6) is 0 Å². The SMILES string of the molecule is Cc1ccc(N(C(=O)N=NC(N)=O)c2ccc(C)cc2)cc1. The second-order valence-electron chi connectivity index (χ2n) is 4.83. The molecule has 0 aliphatic rings. The van der Waals surface area contributed by atoms with Gasteiger partial charge in [0.05, 0.1) is 11.4 Å². The zero-order chi connectivity index (χ0) is 16.1. The van der Waals surface area contributed by atoms with Crippen LogP contribution in [0.15, 0.2) is 58.8 Å². The molecule has 0 fully saturated rings. The van der Waals surface area contributed by atoms with Crippen LogP contribution in [0, 0.1) is 13.8 Å². The van der Waals surface area contributed by atoms with E-state index in [4.69, 9.17) is 5.73 Å². The molecule has 0 heterocycles. The van der Waals surface area contributed by atoms with Gasteiger partial charge in [-0.1, -0.05) is 45.6 Å². The minimum Gasteiger partial charge on any atom is -0.348 e. The summed E-state index contributed by atoms with van der Waals surface area (Å²) in [5.74, 6) is 0. The molecule has 2 aromatic carbocycles. The van der Waals surface area contributed by atoms with E-state index in [0.29, 0.717) is 11.4 Å². The molecule has 2 aromatic rings. The minimum atomic E-state index is -1.01. The van der Waals surface area contributed by atoms with Crippen molar-refractivity contribution in [1.29, 1.82) is 0 Å². The number of rotatable bonds is 2. The summed E-state index contributed by atoms with van der Waals surface area (Å²) in [4.78, 5) is 24.3. The van der Waals surface area contributed by atoms with Crippen LogP contribution < -0.4 is 10.6 Å². The van der Waals surface area contributed by atoms with Crippen LogP contribution in [0.2, 0.25) is 0 Å². The summed E-state index contributed by atoms with van der Waals surface area (Å²) < 4.78 is 0. The summed E-state index contributed by atoms with van der Waals surface area (Å²) in [5.41, 5.74) is 8.28. The molecule has 0 aliphatic heterocycles. The van der Waals surface area contributed by atoms with E-state index in [2.05, 4.69) is 10.2 Å². The van der Waals surface area contributed by atoms with Crippen molar-refractivity contribution in [3.05, 3.63) is 59.7 Å². The van der Waals surface area contributed by atoms with Crippen molar-refractivity contribution >= 4 is 23.4 Å². The highest BCUT2D eigenvalue weighted by Crippen LogP contribution is 2.27. The maximum atomic E-state index is 12.3. The molecule has 0 aliphatic carbocycles. The molecule has 0 atom stereocenters. The largest absolute Gasteiger partial charge is 0.371 e. The third-order valence-electron chi connectivity index (χ3n) is 3.01. The Bertz CT molecular complexity index is 660. The van der Waals surface area contributed by atoms with E-state index in [1.165, 1.54) is 4.90 Å². The maximum absolute atomic E-state index is 12.3. The smallest absolute Gasteiger partial charge is 0.348 e. The number of nitrogens with two attached hydrogens (primary N) is 1. The number of primary amides is 1. The fraction of sp³-hybridized carbons (Fsp3) is 0.125. The van der Waals surface area contributed by atoms with Gasteiger partial charge in [-0.3, -0.25) is 4.90 Å². The molecule has 2 rings (SSSR count). The van der Waals surface area contributed by atoms with Crippen molar-refractivity contribution in [2.45, 2.75) is 13.8 Å². The van der Waals surface area contributed by atoms with Crippen molar-refractivity contribution in [3.63, 3.8) is 0 Å². The number of anilines is 2. The van der Waals surface area contributed by atoms with Gasteiger partial charge in [0.2, 0.25) is 0 Å². The van der Waals surface area contributed by atoms with Gasteiger partial charge in [0, 0.05) is 0 Å². The first-order chi connectivity index (χ1) is 10.5. The lowest BCUT2D eigenvalue weighted by Crippen LogP contribution is -2.22. The predicted octanol–water partition coefficient (Wildman–Crippen LogP) is 4.09. The molecule has 6 heteroatoms. The van der Waals surface area contributed by atoms with Gasteiger partial charge in [-0.2, -0.15) is 0 Å². The van der Waals surface area contributed by atoms with E-state index in [1.54, 1.807) is 24.3 Å². The molecule has 0 saturated heterocycles.